The molecule has 2 aromatic heterocycles. The van der Waals surface area contributed by atoms with E-state index in [2.05, 4.69) is 11.9 Å². The van der Waals surface area contributed by atoms with Gasteiger partial charge in [0.25, 0.3) is 0 Å². The number of nitrogens with zero attached hydrogens (tertiary/aromatic N) is 2. The first kappa shape index (κ1) is 22.2. The van der Waals surface area contributed by atoms with Crippen molar-refractivity contribution in [1.82, 2.24) is 9.97 Å². The van der Waals surface area contributed by atoms with E-state index in [4.69, 9.17) is 16.6 Å². The van der Waals surface area contributed by atoms with Gasteiger partial charge in [0.05, 0.1) is 16.2 Å². The van der Waals surface area contributed by atoms with Crippen molar-refractivity contribution in [3.05, 3.63) is 131 Å². The number of hydrogen-bond acceptors (Lipinski definition) is 3. The van der Waals surface area contributed by atoms with Crippen LogP contribution in [-0.4, -0.2) is 15.1 Å². The highest BCUT2D eigenvalue weighted by Crippen LogP contribution is 2.41. The molecule has 34 heavy (non-hydrogen) atoms. The van der Waals surface area contributed by atoms with Crippen LogP contribution in [0, 0.1) is 5.82 Å². The molecule has 3 nitrogen and oxygen atoms in total. The molecule has 0 fully saturated rings. The van der Waals surface area contributed by atoms with E-state index in [-0.39, 0.29) is 5.82 Å². The van der Waals surface area contributed by atoms with Gasteiger partial charge in [-0.05, 0) is 53.4 Å². The molecule has 0 saturated carbocycles. The van der Waals surface area contributed by atoms with E-state index in [1.807, 2.05) is 48.5 Å². The minimum atomic E-state index is -1.56. The Kier molecular flexibility index (Phi) is 5.86. The number of aliphatic hydroxyl groups is 1. The Morgan fingerprint density at radius 3 is 2.29 bits per heavy atom. The van der Waals surface area contributed by atoms with Crippen molar-refractivity contribution in [2.75, 3.05) is 0 Å². The lowest BCUT2D eigenvalue weighted by Gasteiger charge is -2.30. The van der Waals surface area contributed by atoms with Gasteiger partial charge < -0.3 is 5.11 Å². The van der Waals surface area contributed by atoms with Crippen LogP contribution in [0.15, 0.2) is 97.3 Å². The van der Waals surface area contributed by atoms with E-state index in [1.54, 1.807) is 36.7 Å². The van der Waals surface area contributed by atoms with Gasteiger partial charge in [0.1, 0.15) is 11.4 Å². The smallest absolute Gasteiger partial charge is 0.142 e. The Hall–Kier alpha value is -3.60. The molecule has 168 valence electrons. The summed E-state index contributed by atoms with van der Waals surface area (Å²) in [6, 6.07) is 24.9. The highest BCUT2D eigenvalue weighted by Gasteiger charge is 2.34. The summed E-state index contributed by atoms with van der Waals surface area (Å²) in [4.78, 5) is 9.09. The molecule has 5 rings (SSSR count). The quantitative estimate of drug-likeness (QED) is 0.304. The van der Waals surface area contributed by atoms with Crippen molar-refractivity contribution in [2.45, 2.75) is 18.9 Å². The monoisotopic (exact) mass is 468 g/mol. The Balaban J connectivity index is 1.78. The van der Waals surface area contributed by atoms with Gasteiger partial charge in [-0.15, -0.1) is 0 Å². The second kappa shape index (κ2) is 8.98. The summed E-state index contributed by atoms with van der Waals surface area (Å²) < 4.78 is 13.7. The fraction of sp³-hybridized carbons (Fsp3) is 0.103. The maximum atomic E-state index is 13.7. The Morgan fingerprint density at radius 1 is 0.882 bits per heavy atom. The predicted molar refractivity (Wildman–Crippen MR) is 134 cm³/mol. The third kappa shape index (κ3) is 3.75. The third-order valence-electron chi connectivity index (χ3n) is 6.15. The lowest BCUT2D eigenvalue weighted by Crippen LogP contribution is -2.29. The van der Waals surface area contributed by atoms with Crippen molar-refractivity contribution in [2.24, 2.45) is 0 Å². The van der Waals surface area contributed by atoms with E-state index >= 15 is 0 Å². The fourth-order valence-electron chi connectivity index (χ4n) is 4.42. The first-order valence-corrected chi connectivity index (χ1v) is 11.5. The first-order chi connectivity index (χ1) is 16.5. The zero-order valence-corrected chi connectivity index (χ0v) is 19.3. The van der Waals surface area contributed by atoms with Crippen LogP contribution >= 0.6 is 11.6 Å². The zero-order valence-electron chi connectivity index (χ0n) is 18.5. The molecule has 5 heteroatoms. The van der Waals surface area contributed by atoms with Crippen LogP contribution in [0.2, 0.25) is 5.02 Å². The SMILES string of the molecule is CCc1nc2ccc(C(O)(c3ccc(F)cc3)c3cccnc3)cc2c(Cl)c1-c1ccccc1. The molecule has 0 saturated heterocycles. The average Bonchev–Trinajstić information content (AvgIpc) is 2.89. The topological polar surface area (TPSA) is 46.0 Å². The Morgan fingerprint density at radius 2 is 1.62 bits per heavy atom. The molecule has 2 heterocycles. The maximum Gasteiger partial charge on any atom is 0.142 e. The highest BCUT2D eigenvalue weighted by atomic mass is 35.5. The first-order valence-electron chi connectivity index (χ1n) is 11.1. The van der Waals surface area contributed by atoms with Gasteiger partial charge in [-0.3, -0.25) is 9.97 Å². The second-order valence-electron chi connectivity index (χ2n) is 8.16. The molecule has 1 atom stereocenters. The van der Waals surface area contributed by atoms with Crippen molar-refractivity contribution in [3.63, 3.8) is 0 Å². The molecule has 0 spiro atoms. The maximum absolute atomic E-state index is 13.7. The molecule has 0 bridgehead atoms. The molecular formula is C29H22ClFN2O. The largest absolute Gasteiger partial charge is 0.376 e. The highest BCUT2D eigenvalue weighted by molar-refractivity contribution is 6.38. The van der Waals surface area contributed by atoms with E-state index in [1.165, 1.54) is 12.1 Å². The number of aryl methyl sites for hydroxylation is 1. The van der Waals surface area contributed by atoms with Crippen molar-refractivity contribution >= 4 is 22.5 Å². The Labute approximate surface area is 202 Å². The van der Waals surface area contributed by atoms with Gasteiger partial charge in [-0.25, -0.2) is 4.39 Å². The number of pyridine rings is 2. The van der Waals surface area contributed by atoms with Crippen LogP contribution < -0.4 is 0 Å². The molecule has 0 aliphatic carbocycles. The van der Waals surface area contributed by atoms with Crippen molar-refractivity contribution in [3.8, 4) is 11.1 Å². The average molecular weight is 469 g/mol. The van der Waals surface area contributed by atoms with Gasteiger partial charge in [0.2, 0.25) is 0 Å². The molecule has 1 N–H and O–H groups in total. The number of hydrogen-bond donors (Lipinski definition) is 1. The minimum Gasteiger partial charge on any atom is -0.376 e. The number of fused-ring (bicyclic) bond motifs is 1. The summed E-state index contributed by atoms with van der Waals surface area (Å²) >= 11 is 7.01. The fourth-order valence-corrected chi connectivity index (χ4v) is 4.79. The molecule has 3 aromatic carbocycles. The summed E-state index contributed by atoms with van der Waals surface area (Å²) in [6.07, 6.45) is 3.99. The number of rotatable bonds is 5. The van der Waals surface area contributed by atoms with Crippen molar-refractivity contribution < 1.29 is 9.50 Å². The lowest BCUT2D eigenvalue weighted by atomic mass is 9.80. The minimum absolute atomic E-state index is 0.373. The molecule has 0 amide bonds. The van der Waals surface area contributed by atoms with Gasteiger partial charge >= 0.3 is 0 Å². The van der Waals surface area contributed by atoms with Crippen LogP contribution in [0.1, 0.15) is 29.3 Å². The summed E-state index contributed by atoms with van der Waals surface area (Å²) in [6.45, 7) is 2.06. The van der Waals surface area contributed by atoms with E-state index in [0.717, 1.165) is 34.1 Å². The van der Waals surface area contributed by atoms with Gasteiger partial charge in [0, 0.05) is 28.9 Å². The number of aromatic nitrogens is 2. The van der Waals surface area contributed by atoms with Gasteiger partial charge in [0.15, 0.2) is 0 Å². The lowest BCUT2D eigenvalue weighted by molar-refractivity contribution is 0.125. The summed E-state index contributed by atoms with van der Waals surface area (Å²) in [7, 11) is 0. The van der Waals surface area contributed by atoms with Crippen LogP contribution in [-0.2, 0) is 12.0 Å². The van der Waals surface area contributed by atoms with Crippen LogP contribution in [0.4, 0.5) is 4.39 Å². The molecule has 5 aromatic rings. The van der Waals surface area contributed by atoms with Gasteiger partial charge in [-0.2, -0.15) is 0 Å². The molecular weight excluding hydrogens is 447 g/mol. The third-order valence-corrected chi connectivity index (χ3v) is 6.55. The predicted octanol–water partition coefficient (Wildman–Crippen LogP) is 6.94. The van der Waals surface area contributed by atoms with E-state index in [0.29, 0.717) is 21.7 Å². The molecule has 0 radical (unpaired) electrons. The van der Waals surface area contributed by atoms with Crippen LogP contribution in [0.5, 0.6) is 0 Å². The number of benzene rings is 3. The van der Waals surface area contributed by atoms with Gasteiger partial charge in [-0.1, -0.05) is 73.1 Å². The van der Waals surface area contributed by atoms with Crippen molar-refractivity contribution in [1.29, 1.82) is 0 Å². The molecule has 1 unspecified atom stereocenters. The standard InChI is InChI=1S/C29H22ClFN2O/c1-2-25-27(19-7-4-3-5-8-19)28(30)24-17-21(12-15-26(24)33-25)29(34,22-9-6-16-32-18-22)20-10-13-23(31)14-11-20/h3-18,34H,2H2,1H3. The summed E-state index contributed by atoms with van der Waals surface area (Å²) in [5.41, 5.74) is 3.67. The summed E-state index contributed by atoms with van der Waals surface area (Å²) in [5, 5.41) is 13.4. The summed E-state index contributed by atoms with van der Waals surface area (Å²) in [5.74, 6) is -0.373. The van der Waals surface area contributed by atoms with E-state index < -0.39 is 5.60 Å². The normalized spacial score (nSPS) is 13.1. The Bertz CT molecular complexity index is 1460. The molecule has 0 aliphatic heterocycles. The van der Waals surface area contributed by atoms with E-state index in [9.17, 15) is 9.50 Å². The van der Waals surface area contributed by atoms with Crippen LogP contribution in [0.3, 0.4) is 0 Å². The van der Waals surface area contributed by atoms with Crippen LogP contribution in [0.25, 0.3) is 22.0 Å². The number of halogens is 2. The second-order valence-corrected chi connectivity index (χ2v) is 8.54. The zero-order chi connectivity index (χ0) is 23.7. The molecule has 0 aliphatic rings.